The number of ether oxygens (including phenoxy) is 1. The van der Waals surface area contributed by atoms with Gasteiger partial charge in [0.2, 0.25) is 5.91 Å². The van der Waals surface area contributed by atoms with Crippen LogP contribution in [-0.2, 0) is 16.2 Å². The topological polar surface area (TPSA) is 75.7 Å². The van der Waals surface area contributed by atoms with Crippen molar-refractivity contribution in [2.45, 2.75) is 6.61 Å². The van der Waals surface area contributed by atoms with Crippen LogP contribution in [0, 0.1) is 3.57 Å². The number of carbonyl (C=O) groups excluding carboxylic acids is 3. The molecule has 0 radical (unpaired) electrons. The summed E-state index contributed by atoms with van der Waals surface area (Å²) in [6.45, 7) is 0.0547. The van der Waals surface area contributed by atoms with E-state index in [9.17, 15) is 14.4 Å². The van der Waals surface area contributed by atoms with Crippen molar-refractivity contribution < 1.29 is 19.1 Å². The Hall–Kier alpha value is -3.63. The maximum Gasteiger partial charge on any atom is 0.294 e. The predicted molar refractivity (Wildman–Crippen MR) is 155 cm³/mol. The van der Waals surface area contributed by atoms with Crippen LogP contribution in [0.25, 0.3) is 16.8 Å². The molecule has 1 saturated heterocycles. The highest BCUT2D eigenvalue weighted by atomic mass is 127. The van der Waals surface area contributed by atoms with Gasteiger partial charge in [-0.05, 0) is 98.7 Å². The molecule has 0 aromatic heterocycles. The Morgan fingerprint density at radius 3 is 2.54 bits per heavy atom. The molecule has 0 unspecified atom stereocenters. The second-order valence-electron chi connectivity index (χ2n) is 8.32. The minimum atomic E-state index is -0.491. The van der Waals surface area contributed by atoms with Crippen molar-refractivity contribution in [3.63, 3.8) is 0 Å². The summed E-state index contributed by atoms with van der Waals surface area (Å²) in [5, 5.41) is 4.53. The van der Waals surface area contributed by atoms with Gasteiger partial charge in [0, 0.05) is 9.26 Å². The molecule has 1 heterocycles. The number of carbonyl (C=O) groups is 3. The fourth-order valence-corrected chi connectivity index (χ4v) is 5.14. The van der Waals surface area contributed by atoms with Gasteiger partial charge < -0.3 is 10.1 Å². The Balaban J connectivity index is 1.25. The lowest BCUT2D eigenvalue weighted by Gasteiger charge is -2.12. The second kappa shape index (κ2) is 11.2. The smallest absolute Gasteiger partial charge is 0.294 e. The van der Waals surface area contributed by atoms with Crippen molar-refractivity contribution in [3.05, 3.63) is 111 Å². The molecule has 0 atom stereocenters. The first kappa shape index (κ1) is 25.0. The normalized spacial score (nSPS) is 14.4. The highest BCUT2D eigenvalue weighted by molar-refractivity contribution is 14.1. The zero-order valence-electron chi connectivity index (χ0n) is 19.5. The first-order chi connectivity index (χ1) is 18.0. The minimum Gasteiger partial charge on any atom is -0.489 e. The van der Waals surface area contributed by atoms with Crippen LogP contribution >= 0.6 is 34.4 Å². The van der Waals surface area contributed by atoms with E-state index in [-0.39, 0.29) is 11.4 Å². The van der Waals surface area contributed by atoms with Crippen LogP contribution in [0.2, 0.25) is 0 Å². The maximum atomic E-state index is 12.9. The first-order valence-electron chi connectivity index (χ1n) is 11.5. The third kappa shape index (κ3) is 6.03. The molecule has 37 heavy (non-hydrogen) atoms. The quantitative estimate of drug-likeness (QED) is 0.184. The van der Waals surface area contributed by atoms with Gasteiger partial charge in [-0.3, -0.25) is 19.3 Å². The van der Waals surface area contributed by atoms with E-state index >= 15 is 0 Å². The molecule has 1 aliphatic rings. The number of nitrogens with one attached hydrogen (secondary N) is 1. The van der Waals surface area contributed by atoms with Gasteiger partial charge in [0.25, 0.3) is 11.1 Å². The SMILES string of the molecule is O=C(CN1C(=O)S/C(=C/c2cccc(OCc3cccc4ccccc34)c2)C1=O)Nc1ccc(I)cc1. The van der Waals surface area contributed by atoms with E-state index in [0.717, 1.165) is 42.1 Å². The Bertz CT molecular complexity index is 1530. The number of nitrogens with zero attached hydrogens (tertiary/aromatic N) is 1. The van der Waals surface area contributed by atoms with Gasteiger partial charge in [0.1, 0.15) is 18.9 Å². The second-order valence-corrected chi connectivity index (χ2v) is 10.6. The summed E-state index contributed by atoms with van der Waals surface area (Å²) >= 11 is 2.99. The Morgan fingerprint density at radius 2 is 1.70 bits per heavy atom. The summed E-state index contributed by atoms with van der Waals surface area (Å²) in [4.78, 5) is 39.0. The standard InChI is InChI=1S/C29H21IN2O4S/c30-22-11-13-23(14-12-22)31-27(33)17-32-28(34)26(37-29(32)35)16-19-5-3-9-24(15-19)36-18-21-8-4-7-20-6-1-2-10-25(20)21/h1-16H,17-18H2,(H,31,33)/b26-16+. The van der Waals surface area contributed by atoms with Crippen LogP contribution in [0.5, 0.6) is 5.75 Å². The third-order valence-corrected chi connectivity index (χ3v) is 7.36. The Kier molecular flexibility index (Phi) is 7.57. The molecule has 0 spiro atoms. The molecule has 0 aliphatic carbocycles. The van der Waals surface area contributed by atoms with Crippen molar-refractivity contribution >= 4 is 73.9 Å². The molecular weight excluding hydrogens is 599 g/mol. The van der Waals surface area contributed by atoms with Crippen LogP contribution in [-0.4, -0.2) is 28.5 Å². The molecule has 1 N–H and O–H groups in total. The summed E-state index contributed by atoms with van der Waals surface area (Å²) in [5.41, 5.74) is 2.41. The number of halogens is 1. The molecule has 5 rings (SSSR count). The molecule has 6 nitrogen and oxygen atoms in total. The number of imide groups is 1. The van der Waals surface area contributed by atoms with E-state index in [0.29, 0.717) is 18.0 Å². The molecule has 184 valence electrons. The first-order valence-corrected chi connectivity index (χ1v) is 13.4. The van der Waals surface area contributed by atoms with Gasteiger partial charge in [-0.2, -0.15) is 0 Å². The van der Waals surface area contributed by atoms with Crippen LogP contribution < -0.4 is 10.1 Å². The Labute approximate surface area is 231 Å². The van der Waals surface area contributed by atoms with Gasteiger partial charge in [-0.25, -0.2) is 0 Å². The van der Waals surface area contributed by atoms with Crippen molar-refractivity contribution in [1.82, 2.24) is 4.90 Å². The fourth-order valence-electron chi connectivity index (χ4n) is 3.94. The number of anilines is 1. The van der Waals surface area contributed by atoms with E-state index in [1.54, 1.807) is 18.2 Å². The molecule has 3 amide bonds. The lowest BCUT2D eigenvalue weighted by molar-refractivity contribution is -0.127. The summed E-state index contributed by atoms with van der Waals surface area (Å²) in [6, 6.07) is 28.9. The number of hydrogen-bond donors (Lipinski definition) is 1. The zero-order chi connectivity index (χ0) is 25.8. The van der Waals surface area contributed by atoms with Crippen LogP contribution in [0.1, 0.15) is 11.1 Å². The highest BCUT2D eigenvalue weighted by Gasteiger charge is 2.36. The van der Waals surface area contributed by atoms with Gasteiger partial charge in [0.15, 0.2) is 0 Å². The molecule has 4 aromatic rings. The summed E-state index contributed by atoms with van der Waals surface area (Å²) in [6.07, 6.45) is 1.65. The average molecular weight is 620 g/mol. The number of thioether (sulfide) groups is 1. The van der Waals surface area contributed by atoms with E-state index in [2.05, 4.69) is 46.1 Å². The largest absolute Gasteiger partial charge is 0.489 e. The summed E-state index contributed by atoms with van der Waals surface area (Å²) in [5.74, 6) is -0.277. The number of fused-ring (bicyclic) bond motifs is 1. The summed E-state index contributed by atoms with van der Waals surface area (Å²) in [7, 11) is 0. The van der Waals surface area contributed by atoms with E-state index in [1.807, 2.05) is 60.7 Å². The van der Waals surface area contributed by atoms with Gasteiger partial charge >= 0.3 is 0 Å². The number of hydrogen-bond acceptors (Lipinski definition) is 5. The molecule has 0 bridgehead atoms. The monoisotopic (exact) mass is 620 g/mol. The molecule has 0 saturated carbocycles. The summed E-state index contributed by atoms with van der Waals surface area (Å²) < 4.78 is 7.08. The predicted octanol–water partition coefficient (Wildman–Crippen LogP) is 6.70. The van der Waals surface area contributed by atoms with E-state index < -0.39 is 17.1 Å². The molecule has 4 aromatic carbocycles. The molecule has 1 fully saturated rings. The average Bonchev–Trinajstić information content (AvgIpc) is 3.16. The van der Waals surface area contributed by atoms with Crippen molar-refractivity contribution in [2.24, 2.45) is 0 Å². The number of benzene rings is 4. The van der Waals surface area contributed by atoms with Crippen molar-refractivity contribution in [1.29, 1.82) is 0 Å². The third-order valence-electron chi connectivity index (χ3n) is 5.73. The zero-order valence-corrected chi connectivity index (χ0v) is 22.5. The number of amides is 3. The van der Waals surface area contributed by atoms with Crippen molar-refractivity contribution in [3.8, 4) is 5.75 Å². The van der Waals surface area contributed by atoms with E-state index in [1.165, 1.54) is 0 Å². The van der Waals surface area contributed by atoms with Gasteiger partial charge in [0.05, 0.1) is 4.91 Å². The highest BCUT2D eigenvalue weighted by Crippen LogP contribution is 2.32. The van der Waals surface area contributed by atoms with Gasteiger partial charge in [-0.1, -0.05) is 54.6 Å². The fraction of sp³-hybridized carbons (Fsp3) is 0.0690. The van der Waals surface area contributed by atoms with Crippen LogP contribution in [0.15, 0.2) is 95.9 Å². The maximum absolute atomic E-state index is 12.9. The number of rotatable bonds is 7. The van der Waals surface area contributed by atoms with Crippen LogP contribution in [0.3, 0.4) is 0 Å². The minimum absolute atomic E-state index is 0.262. The van der Waals surface area contributed by atoms with Crippen molar-refractivity contribution in [2.75, 3.05) is 11.9 Å². The lowest BCUT2D eigenvalue weighted by Crippen LogP contribution is -2.36. The van der Waals surface area contributed by atoms with E-state index in [4.69, 9.17) is 4.74 Å². The molecule has 1 aliphatic heterocycles. The molecule has 8 heteroatoms. The molecular formula is C29H21IN2O4S. The van der Waals surface area contributed by atoms with Crippen LogP contribution in [0.4, 0.5) is 10.5 Å². The Morgan fingerprint density at radius 1 is 0.946 bits per heavy atom. The van der Waals surface area contributed by atoms with Gasteiger partial charge in [-0.15, -0.1) is 0 Å². The lowest BCUT2D eigenvalue weighted by atomic mass is 10.1.